The van der Waals surface area contributed by atoms with Crippen LogP contribution in [0.25, 0.3) is 0 Å². The Morgan fingerprint density at radius 1 is 1.40 bits per heavy atom. The van der Waals surface area contributed by atoms with E-state index in [2.05, 4.69) is 5.32 Å². The minimum absolute atomic E-state index is 0.231. The minimum Gasteiger partial charge on any atom is -0.481 e. The van der Waals surface area contributed by atoms with Crippen LogP contribution in [0.3, 0.4) is 0 Å². The van der Waals surface area contributed by atoms with Gasteiger partial charge in [0.15, 0.2) is 6.29 Å². The Morgan fingerprint density at radius 2 is 2.00 bits per heavy atom. The first kappa shape index (κ1) is 11.9. The molecule has 1 aliphatic carbocycles. The number of aliphatic carboxylic acids is 1. The van der Waals surface area contributed by atoms with Crippen molar-refractivity contribution in [1.82, 2.24) is 5.32 Å². The molecular formula is C9H15NO5. The molecular weight excluding hydrogens is 202 g/mol. The number of methoxy groups -OCH3 is 2. The Hall–Kier alpha value is -1.14. The number of ether oxygens (including phenoxy) is 2. The lowest BCUT2D eigenvalue weighted by Gasteiger charge is -2.13. The van der Waals surface area contributed by atoms with Crippen LogP contribution in [-0.2, 0) is 19.1 Å². The molecule has 0 radical (unpaired) electrons. The van der Waals surface area contributed by atoms with Crippen LogP contribution in [-0.4, -0.2) is 44.0 Å². The highest BCUT2D eigenvalue weighted by molar-refractivity contribution is 5.89. The molecule has 0 bridgehead atoms. The number of carbonyl (C=O) groups is 2. The van der Waals surface area contributed by atoms with Gasteiger partial charge in [0.1, 0.15) is 0 Å². The summed E-state index contributed by atoms with van der Waals surface area (Å²) in [6.07, 6.45) is -0.0674. The van der Waals surface area contributed by atoms with E-state index in [-0.39, 0.29) is 12.5 Å². The van der Waals surface area contributed by atoms with Gasteiger partial charge in [0.25, 0.3) is 0 Å². The maximum atomic E-state index is 11.4. The van der Waals surface area contributed by atoms with Crippen LogP contribution >= 0.6 is 0 Å². The number of carboxylic acids is 1. The fourth-order valence-corrected chi connectivity index (χ4v) is 1.34. The molecule has 0 saturated heterocycles. The predicted octanol–water partition coefficient (Wildman–Crippen LogP) is -0.558. The standard InChI is InChI=1S/C9H15NO5/c1-14-7(15-2)4-10-8(11)5-3-6(5)9(12)13/h5-7H,3-4H2,1-2H3,(H,10,11)(H,12,13). The summed E-state index contributed by atoms with van der Waals surface area (Å²) in [7, 11) is 2.94. The third-order valence-electron chi connectivity index (χ3n) is 2.41. The normalized spacial score (nSPS) is 23.9. The second-order valence-electron chi connectivity index (χ2n) is 3.43. The number of hydrogen-bond acceptors (Lipinski definition) is 4. The largest absolute Gasteiger partial charge is 0.481 e. The summed E-state index contributed by atoms with van der Waals surface area (Å²) in [4.78, 5) is 21.9. The predicted molar refractivity (Wildman–Crippen MR) is 50.0 cm³/mol. The SMILES string of the molecule is COC(CNC(=O)C1CC1C(=O)O)OC. The maximum Gasteiger partial charge on any atom is 0.307 e. The molecule has 0 aromatic heterocycles. The molecule has 2 N–H and O–H groups in total. The topological polar surface area (TPSA) is 84.9 Å². The van der Waals surface area contributed by atoms with E-state index in [0.717, 1.165) is 0 Å². The molecule has 0 aromatic carbocycles. The van der Waals surface area contributed by atoms with Crippen LogP contribution in [0.4, 0.5) is 0 Å². The lowest BCUT2D eigenvalue weighted by Crippen LogP contribution is -2.35. The first-order valence-electron chi connectivity index (χ1n) is 4.66. The molecule has 0 aromatic rings. The average molecular weight is 217 g/mol. The van der Waals surface area contributed by atoms with Crippen LogP contribution in [0.2, 0.25) is 0 Å². The molecule has 1 saturated carbocycles. The van der Waals surface area contributed by atoms with E-state index in [9.17, 15) is 9.59 Å². The zero-order valence-corrected chi connectivity index (χ0v) is 8.73. The zero-order valence-electron chi connectivity index (χ0n) is 8.73. The molecule has 1 amide bonds. The van der Waals surface area contributed by atoms with Gasteiger partial charge in [-0.25, -0.2) is 0 Å². The van der Waals surface area contributed by atoms with Gasteiger partial charge >= 0.3 is 5.97 Å². The minimum atomic E-state index is -0.912. The zero-order chi connectivity index (χ0) is 11.4. The summed E-state index contributed by atoms with van der Waals surface area (Å²) in [5.41, 5.74) is 0. The Balaban J connectivity index is 2.23. The second kappa shape index (κ2) is 5.09. The van der Waals surface area contributed by atoms with Crippen molar-refractivity contribution >= 4 is 11.9 Å². The van der Waals surface area contributed by atoms with Crippen LogP contribution in [0.1, 0.15) is 6.42 Å². The van der Waals surface area contributed by atoms with E-state index >= 15 is 0 Å². The fourth-order valence-electron chi connectivity index (χ4n) is 1.34. The molecule has 6 heteroatoms. The van der Waals surface area contributed by atoms with Gasteiger partial charge in [-0.15, -0.1) is 0 Å². The smallest absolute Gasteiger partial charge is 0.307 e. The van der Waals surface area contributed by atoms with Crippen molar-refractivity contribution < 1.29 is 24.2 Å². The van der Waals surface area contributed by atoms with E-state index in [1.165, 1.54) is 14.2 Å². The van der Waals surface area contributed by atoms with E-state index < -0.39 is 24.1 Å². The highest BCUT2D eigenvalue weighted by Crippen LogP contribution is 2.38. The lowest BCUT2D eigenvalue weighted by molar-refractivity contribution is -0.140. The van der Waals surface area contributed by atoms with Crippen molar-refractivity contribution in [2.45, 2.75) is 12.7 Å². The summed E-state index contributed by atoms with van der Waals surface area (Å²) >= 11 is 0. The van der Waals surface area contributed by atoms with Gasteiger partial charge < -0.3 is 19.9 Å². The average Bonchev–Trinajstić information content (AvgIpc) is 2.98. The van der Waals surface area contributed by atoms with Crippen LogP contribution < -0.4 is 5.32 Å². The van der Waals surface area contributed by atoms with Gasteiger partial charge in [-0.05, 0) is 6.42 Å². The van der Waals surface area contributed by atoms with E-state index in [1.54, 1.807) is 0 Å². The van der Waals surface area contributed by atoms with Gasteiger partial charge in [-0.3, -0.25) is 9.59 Å². The van der Waals surface area contributed by atoms with Crippen molar-refractivity contribution in [1.29, 1.82) is 0 Å². The number of carboxylic acid groups (broad SMARTS) is 1. The molecule has 86 valence electrons. The van der Waals surface area contributed by atoms with Gasteiger partial charge in [-0.2, -0.15) is 0 Å². The summed E-state index contributed by atoms with van der Waals surface area (Å²) in [6, 6.07) is 0. The van der Waals surface area contributed by atoms with Gasteiger partial charge in [0, 0.05) is 14.2 Å². The molecule has 0 aliphatic heterocycles. The van der Waals surface area contributed by atoms with Gasteiger partial charge in [-0.1, -0.05) is 0 Å². The highest BCUT2D eigenvalue weighted by Gasteiger charge is 2.48. The number of hydrogen-bond donors (Lipinski definition) is 2. The third-order valence-corrected chi connectivity index (χ3v) is 2.41. The van der Waals surface area contributed by atoms with Crippen LogP contribution in [0.5, 0.6) is 0 Å². The van der Waals surface area contributed by atoms with Crippen molar-refractivity contribution in [3.05, 3.63) is 0 Å². The third kappa shape index (κ3) is 3.17. The van der Waals surface area contributed by atoms with Crippen molar-refractivity contribution in [2.75, 3.05) is 20.8 Å². The first-order valence-corrected chi connectivity index (χ1v) is 4.66. The molecule has 0 spiro atoms. The molecule has 1 aliphatic rings. The molecule has 2 unspecified atom stereocenters. The Morgan fingerprint density at radius 3 is 2.40 bits per heavy atom. The fraction of sp³-hybridized carbons (Fsp3) is 0.778. The number of carbonyl (C=O) groups excluding carboxylic acids is 1. The summed E-state index contributed by atoms with van der Waals surface area (Å²) < 4.78 is 9.74. The number of rotatable bonds is 6. The quantitative estimate of drug-likeness (QED) is 0.583. The highest BCUT2D eigenvalue weighted by atomic mass is 16.7. The molecule has 0 heterocycles. The van der Waals surface area contributed by atoms with Crippen LogP contribution in [0.15, 0.2) is 0 Å². The maximum absolute atomic E-state index is 11.4. The molecule has 6 nitrogen and oxygen atoms in total. The number of amides is 1. The molecule has 15 heavy (non-hydrogen) atoms. The van der Waals surface area contributed by atoms with Crippen molar-refractivity contribution in [2.24, 2.45) is 11.8 Å². The Bertz CT molecular complexity index is 251. The van der Waals surface area contributed by atoms with E-state index in [1.807, 2.05) is 0 Å². The summed E-state index contributed by atoms with van der Waals surface area (Å²) in [6.45, 7) is 0.231. The van der Waals surface area contributed by atoms with Gasteiger partial charge in [0.2, 0.25) is 5.91 Å². The summed E-state index contributed by atoms with van der Waals surface area (Å²) in [5, 5.41) is 11.2. The van der Waals surface area contributed by atoms with Gasteiger partial charge in [0.05, 0.1) is 18.4 Å². The van der Waals surface area contributed by atoms with Crippen LogP contribution in [0, 0.1) is 11.8 Å². The lowest BCUT2D eigenvalue weighted by atomic mass is 10.3. The molecule has 2 atom stereocenters. The monoisotopic (exact) mass is 217 g/mol. The van der Waals surface area contributed by atoms with Crippen molar-refractivity contribution in [3.8, 4) is 0 Å². The Kier molecular flexibility index (Phi) is 4.05. The first-order chi connectivity index (χ1) is 7.10. The van der Waals surface area contributed by atoms with E-state index in [0.29, 0.717) is 6.42 Å². The second-order valence-corrected chi connectivity index (χ2v) is 3.43. The van der Waals surface area contributed by atoms with E-state index in [4.69, 9.17) is 14.6 Å². The number of nitrogens with one attached hydrogen (secondary N) is 1. The van der Waals surface area contributed by atoms with Crippen molar-refractivity contribution in [3.63, 3.8) is 0 Å². The molecule has 1 fully saturated rings. The Labute approximate surface area is 87.5 Å². The molecule has 1 rings (SSSR count). The summed E-state index contributed by atoms with van der Waals surface area (Å²) in [5.74, 6) is -2.07.